The summed E-state index contributed by atoms with van der Waals surface area (Å²) >= 11 is 0. The smallest absolute Gasteiger partial charge is 0.326 e. The number of aryl methyl sites for hydroxylation is 1. The Bertz CT molecular complexity index is 613. The molecule has 0 radical (unpaired) electrons. The highest BCUT2D eigenvalue weighted by Crippen LogP contribution is 2.26. The maximum Gasteiger partial charge on any atom is 0.390 e. The van der Waals surface area contributed by atoms with E-state index in [0.29, 0.717) is 11.1 Å². The molecule has 2 N–H and O–H groups in total. The van der Waals surface area contributed by atoms with Gasteiger partial charge in [0.2, 0.25) is 10.0 Å². The first-order valence-electron chi connectivity index (χ1n) is 6.32. The lowest BCUT2D eigenvalue weighted by atomic mass is 10.1. The van der Waals surface area contributed by atoms with Gasteiger partial charge in [0.25, 0.3) is 0 Å². The molecule has 120 valence electrons. The minimum absolute atomic E-state index is 0.00706. The minimum atomic E-state index is -4.39. The fourth-order valence-corrected chi connectivity index (χ4v) is 3.37. The summed E-state index contributed by atoms with van der Waals surface area (Å²) in [6.45, 7) is 2.91. The first-order valence-corrected chi connectivity index (χ1v) is 7.76. The number of rotatable bonds is 5. The van der Waals surface area contributed by atoms with Crippen LogP contribution in [0.2, 0.25) is 0 Å². The summed E-state index contributed by atoms with van der Waals surface area (Å²) in [6, 6.07) is 3.19. The average molecular weight is 324 g/mol. The lowest BCUT2D eigenvalue weighted by molar-refractivity contribution is -0.135. The van der Waals surface area contributed by atoms with E-state index in [1.165, 1.54) is 6.07 Å². The molecule has 0 bridgehead atoms. The van der Waals surface area contributed by atoms with Crippen LogP contribution in [0.25, 0.3) is 0 Å². The van der Waals surface area contributed by atoms with E-state index < -0.39 is 29.2 Å². The van der Waals surface area contributed by atoms with Gasteiger partial charge >= 0.3 is 6.18 Å². The van der Waals surface area contributed by atoms with Crippen LogP contribution in [-0.4, -0.2) is 32.5 Å². The normalized spacial score (nSPS) is 13.0. The third kappa shape index (κ3) is 4.42. The molecule has 0 unspecified atom stereocenters. The van der Waals surface area contributed by atoms with Crippen molar-refractivity contribution in [3.05, 3.63) is 28.8 Å². The molecular formula is C13H19F3N2O2S. The molecule has 0 aliphatic rings. The monoisotopic (exact) mass is 324 g/mol. The first kappa shape index (κ1) is 17.9. The summed E-state index contributed by atoms with van der Waals surface area (Å²) in [7, 11) is -2.83. The lowest BCUT2D eigenvalue weighted by Gasteiger charge is -2.20. The molecule has 4 nitrogen and oxygen atoms in total. The van der Waals surface area contributed by atoms with Crippen molar-refractivity contribution in [2.24, 2.45) is 5.73 Å². The second kappa shape index (κ2) is 6.33. The van der Waals surface area contributed by atoms with E-state index in [1.807, 2.05) is 0 Å². The molecule has 0 saturated carbocycles. The molecule has 0 amide bonds. The molecule has 0 aliphatic carbocycles. The summed E-state index contributed by atoms with van der Waals surface area (Å²) in [5, 5.41) is 0. The van der Waals surface area contributed by atoms with Crippen molar-refractivity contribution in [1.29, 1.82) is 0 Å². The topological polar surface area (TPSA) is 63.4 Å². The Balaban J connectivity index is 3.16. The second-order valence-corrected chi connectivity index (χ2v) is 6.95. The maximum absolute atomic E-state index is 12.4. The second-order valence-electron chi connectivity index (χ2n) is 4.93. The average Bonchev–Trinajstić information content (AvgIpc) is 2.37. The van der Waals surface area contributed by atoms with Crippen LogP contribution in [0, 0.1) is 13.8 Å². The van der Waals surface area contributed by atoms with Gasteiger partial charge in [0.05, 0.1) is 11.3 Å². The molecule has 8 heteroatoms. The van der Waals surface area contributed by atoms with Crippen LogP contribution in [-0.2, 0) is 16.6 Å². The van der Waals surface area contributed by atoms with Crippen LogP contribution in [0.4, 0.5) is 13.2 Å². The van der Waals surface area contributed by atoms with Crippen molar-refractivity contribution in [1.82, 2.24) is 4.31 Å². The highest BCUT2D eigenvalue weighted by Gasteiger charge is 2.31. The maximum atomic E-state index is 12.4. The van der Waals surface area contributed by atoms with Crippen LogP contribution >= 0.6 is 0 Å². The van der Waals surface area contributed by atoms with Gasteiger partial charge in [-0.1, -0.05) is 6.07 Å². The zero-order valence-corrected chi connectivity index (χ0v) is 13.0. The van der Waals surface area contributed by atoms with Crippen molar-refractivity contribution in [2.45, 2.75) is 37.9 Å². The van der Waals surface area contributed by atoms with Gasteiger partial charge < -0.3 is 5.73 Å². The molecule has 0 aliphatic heterocycles. The molecule has 0 atom stereocenters. The summed E-state index contributed by atoms with van der Waals surface area (Å²) in [5.41, 5.74) is 7.40. The highest BCUT2D eigenvalue weighted by molar-refractivity contribution is 7.89. The third-order valence-electron chi connectivity index (χ3n) is 3.31. The Morgan fingerprint density at radius 2 is 1.81 bits per heavy atom. The van der Waals surface area contributed by atoms with Gasteiger partial charge in [-0.2, -0.15) is 13.2 Å². The van der Waals surface area contributed by atoms with Crippen LogP contribution in [0.5, 0.6) is 0 Å². The molecule has 0 saturated heterocycles. The van der Waals surface area contributed by atoms with E-state index in [-0.39, 0.29) is 11.4 Å². The fraction of sp³-hybridized carbons (Fsp3) is 0.538. The van der Waals surface area contributed by atoms with Gasteiger partial charge in [0.1, 0.15) is 0 Å². The van der Waals surface area contributed by atoms with E-state index in [2.05, 4.69) is 0 Å². The van der Waals surface area contributed by atoms with Crippen LogP contribution in [0.3, 0.4) is 0 Å². The Kier molecular flexibility index (Phi) is 5.40. The van der Waals surface area contributed by atoms with Crippen LogP contribution < -0.4 is 5.73 Å². The third-order valence-corrected chi connectivity index (χ3v) is 5.30. The Hall–Kier alpha value is -1.12. The van der Waals surface area contributed by atoms with Crippen LogP contribution in [0.1, 0.15) is 23.1 Å². The summed E-state index contributed by atoms with van der Waals surface area (Å²) < 4.78 is 62.2. The van der Waals surface area contributed by atoms with E-state index >= 15 is 0 Å². The number of hydrogen-bond acceptors (Lipinski definition) is 3. The zero-order chi connectivity index (χ0) is 16.4. The lowest BCUT2D eigenvalue weighted by Crippen LogP contribution is -2.31. The SMILES string of the molecule is Cc1cc(CN)cc(S(=O)(=O)N(C)CCC(F)(F)F)c1C. The molecule has 0 spiro atoms. The molecule has 1 rings (SSSR count). The molecule has 0 aromatic heterocycles. The number of benzene rings is 1. The minimum Gasteiger partial charge on any atom is -0.326 e. The Morgan fingerprint density at radius 3 is 2.29 bits per heavy atom. The zero-order valence-electron chi connectivity index (χ0n) is 12.2. The quantitative estimate of drug-likeness (QED) is 0.904. The summed E-state index contributed by atoms with van der Waals surface area (Å²) in [6.07, 6.45) is -5.58. The number of nitrogens with two attached hydrogens (primary N) is 1. The van der Waals surface area contributed by atoms with Gasteiger partial charge in [-0.25, -0.2) is 12.7 Å². The fourth-order valence-electron chi connectivity index (χ4n) is 1.86. The van der Waals surface area contributed by atoms with Crippen molar-refractivity contribution in [3.63, 3.8) is 0 Å². The van der Waals surface area contributed by atoms with E-state index in [0.717, 1.165) is 16.9 Å². The number of hydrogen-bond donors (Lipinski definition) is 1. The van der Waals surface area contributed by atoms with E-state index in [1.54, 1.807) is 19.9 Å². The van der Waals surface area contributed by atoms with E-state index in [4.69, 9.17) is 5.73 Å². The van der Waals surface area contributed by atoms with Crippen molar-refractivity contribution in [3.8, 4) is 0 Å². The van der Waals surface area contributed by atoms with Crippen molar-refractivity contribution < 1.29 is 21.6 Å². The number of sulfonamides is 1. The van der Waals surface area contributed by atoms with Gasteiger partial charge in [-0.05, 0) is 36.6 Å². The Labute approximate surface area is 122 Å². The first-order chi connectivity index (χ1) is 9.49. The van der Waals surface area contributed by atoms with Crippen molar-refractivity contribution in [2.75, 3.05) is 13.6 Å². The van der Waals surface area contributed by atoms with Gasteiger partial charge in [-0.3, -0.25) is 0 Å². The molecule has 21 heavy (non-hydrogen) atoms. The van der Waals surface area contributed by atoms with Gasteiger partial charge in [0, 0.05) is 20.1 Å². The summed E-state index contributed by atoms with van der Waals surface area (Å²) in [5.74, 6) is 0. The predicted octanol–water partition coefficient (Wildman–Crippen LogP) is 2.34. The van der Waals surface area contributed by atoms with Crippen LogP contribution in [0.15, 0.2) is 17.0 Å². The highest BCUT2D eigenvalue weighted by atomic mass is 32.2. The molecular weight excluding hydrogens is 305 g/mol. The standard InChI is InChI=1S/C13H19F3N2O2S/c1-9-6-11(8-17)7-12(10(9)2)21(19,20)18(3)5-4-13(14,15)16/h6-7H,4-5,8,17H2,1-3H3. The number of alkyl halides is 3. The number of halogens is 3. The molecule has 0 fully saturated rings. The van der Waals surface area contributed by atoms with Gasteiger partial charge in [0.15, 0.2) is 0 Å². The molecule has 1 aromatic carbocycles. The summed E-state index contributed by atoms with van der Waals surface area (Å²) in [4.78, 5) is 0.00706. The van der Waals surface area contributed by atoms with Gasteiger partial charge in [-0.15, -0.1) is 0 Å². The van der Waals surface area contributed by atoms with Crippen molar-refractivity contribution >= 4 is 10.0 Å². The molecule has 0 heterocycles. The number of nitrogens with zero attached hydrogens (tertiary/aromatic N) is 1. The molecule has 1 aromatic rings. The largest absolute Gasteiger partial charge is 0.390 e. The van der Waals surface area contributed by atoms with E-state index in [9.17, 15) is 21.6 Å². The Morgan fingerprint density at radius 1 is 1.24 bits per heavy atom. The predicted molar refractivity (Wildman–Crippen MR) is 74.3 cm³/mol.